The first kappa shape index (κ1) is 12.0. The molecular weight excluding hydrogens is 206 g/mol. The first-order valence-electron chi connectivity index (χ1n) is 6.33. The summed E-state index contributed by atoms with van der Waals surface area (Å²) in [5.74, 6) is 0. The number of fused-ring (bicyclic) bond motifs is 1. The molecular formula is C16H21N. The Hall–Kier alpha value is -1.50. The molecule has 0 amide bonds. The summed E-state index contributed by atoms with van der Waals surface area (Å²) in [4.78, 5) is 0. The van der Waals surface area contributed by atoms with Crippen LogP contribution in [0.25, 0.3) is 10.8 Å². The van der Waals surface area contributed by atoms with Gasteiger partial charge in [0.2, 0.25) is 0 Å². The van der Waals surface area contributed by atoms with Crippen LogP contribution >= 0.6 is 0 Å². The number of hydrogen-bond donors (Lipinski definition) is 1. The second kappa shape index (κ2) is 4.79. The van der Waals surface area contributed by atoms with Gasteiger partial charge in [0, 0.05) is 12.2 Å². The van der Waals surface area contributed by atoms with Crippen LogP contribution in [0.15, 0.2) is 42.5 Å². The average Bonchev–Trinajstić information content (AvgIpc) is 2.36. The Morgan fingerprint density at radius 2 is 1.71 bits per heavy atom. The first-order chi connectivity index (χ1) is 8.11. The van der Waals surface area contributed by atoms with E-state index >= 15 is 0 Å². The molecule has 2 rings (SSSR count). The second-order valence-corrected chi connectivity index (χ2v) is 5.43. The number of rotatable bonds is 4. The SMILES string of the molecule is CCC(C)(C)CNc1ccc2ccccc2c1. The zero-order valence-electron chi connectivity index (χ0n) is 11.0. The third kappa shape index (κ3) is 3.00. The summed E-state index contributed by atoms with van der Waals surface area (Å²) in [6.07, 6.45) is 1.19. The molecule has 0 fully saturated rings. The highest BCUT2D eigenvalue weighted by molar-refractivity contribution is 5.85. The van der Waals surface area contributed by atoms with E-state index < -0.39 is 0 Å². The summed E-state index contributed by atoms with van der Waals surface area (Å²) in [5, 5.41) is 6.12. The predicted molar refractivity (Wildman–Crippen MR) is 76.5 cm³/mol. The predicted octanol–water partition coefficient (Wildman–Crippen LogP) is 4.69. The molecule has 2 aromatic carbocycles. The molecule has 0 bridgehead atoms. The molecule has 0 aliphatic heterocycles. The fourth-order valence-electron chi connectivity index (χ4n) is 1.77. The van der Waals surface area contributed by atoms with Crippen LogP contribution < -0.4 is 5.32 Å². The molecule has 90 valence electrons. The highest BCUT2D eigenvalue weighted by Crippen LogP contribution is 2.23. The summed E-state index contributed by atoms with van der Waals surface area (Å²) in [5.41, 5.74) is 1.57. The van der Waals surface area contributed by atoms with Gasteiger partial charge in [-0.05, 0) is 34.7 Å². The molecule has 1 N–H and O–H groups in total. The van der Waals surface area contributed by atoms with Gasteiger partial charge < -0.3 is 5.32 Å². The van der Waals surface area contributed by atoms with E-state index in [2.05, 4.69) is 68.6 Å². The zero-order chi connectivity index (χ0) is 12.3. The fourth-order valence-corrected chi connectivity index (χ4v) is 1.77. The molecule has 2 aromatic rings. The van der Waals surface area contributed by atoms with Gasteiger partial charge in [0.25, 0.3) is 0 Å². The van der Waals surface area contributed by atoms with Crippen molar-refractivity contribution in [3.8, 4) is 0 Å². The molecule has 0 aliphatic carbocycles. The molecule has 0 spiro atoms. The summed E-state index contributed by atoms with van der Waals surface area (Å²) in [6.45, 7) is 7.84. The molecule has 0 aromatic heterocycles. The average molecular weight is 227 g/mol. The highest BCUT2D eigenvalue weighted by Gasteiger charge is 2.14. The lowest BCUT2D eigenvalue weighted by Gasteiger charge is -2.23. The van der Waals surface area contributed by atoms with Crippen molar-refractivity contribution in [2.24, 2.45) is 5.41 Å². The van der Waals surface area contributed by atoms with Crippen LogP contribution in [-0.2, 0) is 0 Å². The minimum absolute atomic E-state index is 0.353. The topological polar surface area (TPSA) is 12.0 Å². The maximum atomic E-state index is 3.53. The largest absolute Gasteiger partial charge is 0.384 e. The van der Waals surface area contributed by atoms with Crippen molar-refractivity contribution >= 4 is 16.5 Å². The van der Waals surface area contributed by atoms with Gasteiger partial charge in [0.1, 0.15) is 0 Å². The van der Waals surface area contributed by atoms with Crippen LogP contribution in [0, 0.1) is 5.41 Å². The zero-order valence-corrected chi connectivity index (χ0v) is 11.0. The van der Waals surface area contributed by atoms with Gasteiger partial charge in [0.05, 0.1) is 0 Å². The molecule has 0 heterocycles. The number of benzene rings is 2. The smallest absolute Gasteiger partial charge is 0.0346 e. The molecule has 17 heavy (non-hydrogen) atoms. The van der Waals surface area contributed by atoms with E-state index in [0.29, 0.717) is 5.41 Å². The van der Waals surface area contributed by atoms with Gasteiger partial charge in [-0.2, -0.15) is 0 Å². The number of nitrogens with one attached hydrogen (secondary N) is 1. The van der Waals surface area contributed by atoms with Crippen LogP contribution in [0.2, 0.25) is 0 Å². The first-order valence-corrected chi connectivity index (χ1v) is 6.33. The Kier molecular flexibility index (Phi) is 3.37. The van der Waals surface area contributed by atoms with Gasteiger partial charge in [0.15, 0.2) is 0 Å². The van der Waals surface area contributed by atoms with Crippen LogP contribution in [0.3, 0.4) is 0 Å². The third-order valence-corrected chi connectivity index (χ3v) is 3.48. The minimum atomic E-state index is 0.353. The van der Waals surface area contributed by atoms with Crippen molar-refractivity contribution in [3.63, 3.8) is 0 Å². The van der Waals surface area contributed by atoms with Gasteiger partial charge in [-0.1, -0.05) is 51.1 Å². The van der Waals surface area contributed by atoms with Crippen molar-refractivity contribution in [2.75, 3.05) is 11.9 Å². The number of hydrogen-bond acceptors (Lipinski definition) is 1. The lowest BCUT2D eigenvalue weighted by molar-refractivity contribution is 0.377. The molecule has 0 aliphatic rings. The van der Waals surface area contributed by atoms with Crippen molar-refractivity contribution in [1.82, 2.24) is 0 Å². The molecule has 0 saturated carbocycles. The van der Waals surface area contributed by atoms with E-state index in [1.807, 2.05) is 0 Å². The lowest BCUT2D eigenvalue weighted by atomic mass is 9.90. The van der Waals surface area contributed by atoms with Gasteiger partial charge in [-0.3, -0.25) is 0 Å². The van der Waals surface area contributed by atoms with Crippen molar-refractivity contribution in [1.29, 1.82) is 0 Å². The maximum Gasteiger partial charge on any atom is 0.0346 e. The van der Waals surface area contributed by atoms with Crippen LogP contribution in [0.1, 0.15) is 27.2 Å². The third-order valence-electron chi connectivity index (χ3n) is 3.48. The summed E-state index contributed by atoms with van der Waals surface area (Å²) in [6, 6.07) is 15.0. The molecule has 0 saturated heterocycles. The van der Waals surface area contributed by atoms with Crippen molar-refractivity contribution < 1.29 is 0 Å². The monoisotopic (exact) mass is 227 g/mol. The molecule has 1 nitrogen and oxygen atoms in total. The van der Waals surface area contributed by atoms with Crippen LogP contribution in [0.4, 0.5) is 5.69 Å². The summed E-state index contributed by atoms with van der Waals surface area (Å²) < 4.78 is 0. The van der Waals surface area contributed by atoms with E-state index in [1.165, 1.54) is 22.9 Å². The van der Waals surface area contributed by atoms with E-state index in [1.54, 1.807) is 0 Å². The van der Waals surface area contributed by atoms with Gasteiger partial charge >= 0.3 is 0 Å². The van der Waals surface area contributed by atoms with E-state index in [4.69, 9.17) is 0 Å². The Labute approximate surface area is 104 Å². The summed E-state index contributed by atoms with van der Waals surface area (Å²) in [7, 11) is 0. The molecule has 0 unspecified atom stereocenters. The van der Waals surface area contributed by atoms with E-state index in [-0.39, 0.29) is 0 Å². The second-order valence-electron chi connectivity index (χ2n) is 5.43. The minimum Gasteiger partial charge on any atom is -0.384 e. The normalized spacial score (nSPS) is 11.7. The van der Waals surface area contributed by atoms with E-state index in [9.17, 15) is 0 Å². The Bertz CT molecular complexity index is 500. The van der Waals surface area contributed by atoms with E-state index in [0.717, 1.165) is 6.54 Å². The summed E-state index contributed by atoms with van der Waals surface area (Å²) >= 11 is 0. The molecule has 0 radical (unpaired) electrons. The Morgan fingerprint density at radius 1 is 1.00 bits per heavy atom. The van der Waals surface area contributed by atoms with Gasteiger partial charge in [-0.15, -0.1) is 0 Å². The molecule has 1 heteroatoms. The molecule has 0 atom stereocenters. The fraction of sp³-hybridized carbons (Fsp3) is 0.375. The Balaban J connectivity index is 2.14. The lowest BCUT2D eigenvalue weighted by Crippen LogP contribution is -2.21. The quantitative estimate of drug-likeness (QED) is 0.799. The van der Waals surface area contributed by atoms with Crippen LogP contribution in [0.5, 0.6) is 0 Å². The maximum absolute atomic E-state index is 3.53. The standard InChI is InChI=1S/C16H21N/c1-4-16(2,3)12-17-15-10-9-13-7-5-6-8-14(13)11-15/h5-11,17H,4,12H2,1-3H3. The van der Waals surface area contributed by atoms with Crippen molar-refractivity contribution in [3.05, 3.63) is 42.5 Å². The Morgan fingerprint density at radius 3 is 2.41 bits per heavy atom. The highest BCUT2D eigenvalue weighted by atomic mass is 14.9. The number of anilines is 1. The van der Waals surface area contributed by atoms with Crippen LogP contribution in [-0.4, -0.2) is 6.54 Å². The van der Waals surface area contributed by atoms with Gasteiger partial charge in [-0.25, -0.2) is 0 Å². The van der Waals surface area contributed by atoms with Crippen molar-refractivity contribution in [2.45, 2.75) is 27.2 Å².